The van der Waals surface area contributed by atoms with Gasteiger partial charge in [0, 0.05) is 0 Å². The van der Waals surface area contributed by atoms with Crippen LogP contribution in [0.3, 0.4) is 0 Å². The number of nitrogens with one attached hydrogen (secondary N) is 1. The molecule has 0 heterocycles. The van der Waals surface area contributed by atoms with Crippen LogP contribution in [0.25, 0.3) is 0 Å². The van der Waals surface area contributed by atoms with E-state index in [1.807, 2.05) is 12.1 Å². The molecular formula is C16H22N2O2. The molecule has 0 bridgehead atoms. The molecule has 1 N–H and O–H groups in total. The number of amides is 1. The van der Waals surface area contributed by atoms with E-state index in [2.05, 4.69) is 18.3 Å². The molecule has 4 nitrogen and oxygen atoms in total. The Morgan fingerprint density at radius 1 is 1.40 bits per heavy atom. The van der Waals surface area contributed by atoms with Gasteiger partial charge >= 0.3 is 6.09 Å². The fourth-order valence-corrected chi connectivity index (χ4v) is 1.74. The van der Waals surface area contributed by atoms with Gasteiger partial charge in [0.05, 0.1) is 11.3 Å². The Labute approximate surface area is 120 Å². The number of hydrogen-bond donors (Lipinski definition) is 1. The maximum absolute atomic E-state index is 11.7. The van der Waals surface area contributed by atoms with Crippen molar-refractivity contribution in [3.8, 4) is 6.07 Å². The molecule has 0 aliphatic rings. The number of hydrogen-bond acceptors (Lipinski definition) is 3. The Kier molecular flexibility index (Phi) is 5.57. The van der Waals surface area contributed by atoms with Crippen LogP contribution in [-0.4, -0.2) is 11.7 Å². The minimum Gasteiger partial charge on any atom is -0.444 e. The first-order valence-electron chi connectivity index (χ1n) is 6.88. The normalized spacial score (nSPS) is 10.8. The molecule has 0 aliphatic carbocycles. The highest BCUT2D eigenvalue weighted by molar-refractivity contribution is 5.86. The van der Waals surface area contributed by atoms with Gasteiger partial charge < -0.3 is 4.74 Å². The van der Waals surface area contributed by atoms with Gasteiger partial charge in [-0.1, -0.05) is 19.4 Å². The fourth-order valence-electron chi connectivity index (χ4n) is 1.74. The summed E-state index contributed by atoms with van der Waals surface area (Å²) in [5, 5.41) is 11.8. The second-order valence-electron chi connectivity index (χ2n) is 5.72. The molecular weight excluding hydrogens is 252 g/mol. The van der Waals surface area contributed by atoms with Crippen LogP contribution < -0.4 is 5.32 Å². The number of aryl methyl sites for hydroxylation is 1. The quantitative estimate of drug-likeness (QED) is 0.892. The van der Waals surface area contributed by atoms with Crippen molar-refractivity contribution >= 4 is 11.8 Å². The first-order valence-corrected chi connectivity index (χ1v) is 6.88. The summed E-state index contributed by atoms with van der Waals surface area (Å²) in [5.41, 5.74) is 1.50. The Morgan fingerprint density at radius 3 is 2.65 bits per heavy atom. The Balaban J connectivity index is 2.81. The summed E-state index contributed by atoms with van der Waals surface area (Å²) < 4.78 is 5.18. The van der Waals surface area contributed by atoms with Crippen molar-refractivity contribution in [2.75, 3.05) is 5.32 Å². The van der Waals surface area contributed by atoms with Gasteiger partial charge in [0.15, 0.2) is 0 Å². The van der Waals surface area contributed by atoms with Crippen LogP contribution in [0.2, 0.25) is 0 Å². The molecule has 0 unspecified atom stereocenters. The van der Waals surface area contributed by atoms with E-state index >= 15 is 0 Å². The third kappa shape index (κ3) is 5.31. The third-order valence-corrected chi connectivity index (χ3v) is 2.66. The van der Waals surface area contributed by atoms with Crippen LogP contribution in [0.1, 0.15) is 51.7 Å². The largest absolute Gasteiger partial charge is 0.444 e. The number of benzene rings is 1. The van der Waals surface area contributed by atoms with Crippen LogP contribution in [0.15, 0.2) is 18.2 Å². The zero-order valence-electron chi connectivity index (χ0n) is 12.6. The number of carbonyl (C=O) groups is 1. The van der Waals surface area contributed by atoms with Crippen molar-refractivity contribution in [3.05, 3.63) is 29.3 Å². The fraction of sp³-hybridized carbons (Fsp3) is 0.500. The Hall–Kier alpha value is -2.02. The van der Waals surface area contributed by atoms with Gasteiger partial charge in [-0.2, -0.15) is 5.26 Å². The molecule has 0 aliphatic heterocycles. The average Bonchev–Trinajstić information content (AvgIpc) is 2.35. The summed E-state index contributed by atoms with van der Waals surface area (Å²) in [7, 11) is 0. The van der Waals surface area contributed by atoms with E-state index in [9.17, 15) is 10.1 Å². The first kappa shape index (κ1) is 16.0. The monoisotopic (exact) mass is 274 g/mol. The van der Waals surface area contributed by atoms with Gasteiger partial charge in [-0.15, -0.1) is 0 Å². The lowest BCUT2D eigenvalue weighted by atomic mass is 10.0. The number of carbonyl (C=O) groups excluding carboxylic acids is 1. The lowest BCUT2D eigenvalue weighted by molar-refractivity contribution is 0.0636. The molecule has 0 aromatic heterocycles. The van der Waals surface area contributed by atoms with Crippen LogP contribution in [-0.2, 0) is 11.2 Å². The summed E-state index contributed by atoms with van der Waals surface area (Å²) in [6, 6.07) is 7.62. The minimum atomic E-state index is -0.558. The number of anilines is 1. The van der Waals surface area contributed by atoms with Gasteiger partial charge in [-0.3, -0.25) is 5.32 Å². The molecule has 20 heavy (non-hydrogen) atoms. The smallest absolute Gasteiger partial charge is 0.412 e. The number of ether oxygens (including phenoxy) is 1. The zero-order valence-corrected chi connectivity index (χ0v) is 12.6. The van der Waals surface area contributed by atoms with Gasteiger partial charge in [-0.05, 0) is 51.3 Å². The number of rotatable bonds is 4. The second-order valence-corrected chi connectivity index (χ2v) is 5.72. The van der Waals surface area contributed by atoms with Crippen molar-refractivity contribution in [3.63, 3.8) is 0 Å². The molecule has 0 saturated heterocycles. The lowest BCUT2D eigenvalue weighted by Crippen LogP contribution is -2.27. The predicted molar refractivity (Wildman–Crippen MR) is 79.6 cm³/mol. The first-order chi connectivity index (χ1) is 9.35. The molecule has 1 aromatic carbocycles. The summed E-state index contributed by atoms with van der Waals surface area (Å²) >= 11 is 0. The standard InChI is InChI=1S/C16H22N2O2/c1-5-6-7-12-8-9-14(13(10-12)11-17)18-15(19)20-16(2,3)4/h8-10H,5-7H2,1-4H3,(H,18,19). The summed E-state index contributed by atoms with van der Waals surface area (Å²) in [5.74, 6) is 0. The predicted octanol–water partition coefficient (Wildman–Crippen LogP) is 4.25. The molecule has 0 fully saturated rings. The molecule has 108 valence electrons. The zero-order chi connectivity index (χ0) is 15.2. The van der Waals surface area contributed by atoms with Crippen LogP contribution >= 0.6 is 0 Å². The summed E-state index contributed by atoms with van der Waals surface area (Å²) in [6.45, 7) is 7.52. The highest BCUT2D eigenvalue weighted by Gasteiger charge is 2.17. The van der Waals surface area contributed by atoms with Crippen molar-refractivity contribution in [2.24, 2.45) is 0 Å². The number of unbranched alkanes of at least 4 members (excludes halogenated alkanes) is 1. The highest BCUT2D eigenvalue weighted by atomic mass is 16.6. The van der Waals surface area contributed by atoms with Gasteiger partial charge in [0.2, 0.25) is 0 Å². The van der Waals surface area contributed by atoms with Gasteiger partial charge in [0.25, 0.3) is 0 Å². The van der Waals surface area contributed by atoms with Gasteiger partial charge in [-0.25, -0.2) is 4.79 Å². The molecule has 0 atom stereocenters. The molecule has 0 spiro atoms. The molecule has 1 aromatic rings. The van der Waals surface area contributed by atoms with Crippen molar-refractivity contribution in [1.82, 2.24) is 0 Å². The topological polar surface area (TPSA) is 62.1 Å². The lowest BCUT2D eigenvalue weighted by Gasteiger charge is -2.20. The van der Waals surface area contributed by atoms with E-state index in [-0.39, 0.29) is 0 Å². The molecule has 1 amide bonds. The van der Waals surface area contributed by atoms with E-state index in [0.717, 1.165) is 24.8 Å². The van der Waals surface area contributed by atoms with E-state index in [0.29, 0.717) is 11.3 Å². The SMILES string of the molecule is CCCCc1ccc(NC(=O)OC(C)(C)C)c(C#N)c1. The van der Waals surface area contributed by atoms with Crippen LogP contribution in [0, 0.1) is 11.3 Å². The molecule has 4 heteroatoms. The van der Waals surface area contributed by atoms with E-state index < -0.39 is 11.7 Å². The van der Waals surface area contributed by atoms with E-state index in [4.69, 9.17) is 4.74 Å². The van der Waals surface area contributed by atoms with Crippen molar-refractivity contribution in [2.45, 2.75) is 52.6 Å². The number of nitrogens with zero attached hydrogens (tertiary/aromatic N) is 1. The molecule has 0 radical (unpaired) electrons. The van der Waals surface area contributed by atoms with Crippen molar-refractivity contribution in [1.29, 1.82) is 5.26 Å². The number of nitriles is 1. The van der Waals surface area contributed by atoms with Crippen LogP contribution in [0.4, 0.5) is 10.5 Å². The van der Waals surface area contributed by atoms with Crippen LogP contribution in [0.5, 0.6) is 0 Å². The summed E-state index contributed by atoms with van der Waals surface area (Å²) in [6.07, 6.45) is 2.59. The maximum atomic E-state index is 11.7. The van der Waals surface area contributed by atoms with Crippen molar-refractivity contribution < 1.29 is 9.53 Å². The van der Waals surface area contributed by atoms with E-state index in [1.54, 1.807) is 26.8 Å². The summed E-state index contributed by atoms with van der Waals surface area (Å²) in [4.78, 5) is 11.7. The van der Waals surface area contributed by atoms with E-state index in [1.165, 1.54) is 0 Å². The molecule has 0 saturated carbocycles. The second kappa shape index (κ2) is 6.95. The third-order valence-electron chi connectivity index (χ3n) is 2.66. The average molecular weight is 274 g/mol. The maximum Gasteiger partial charge on any atom is 0.412 e. The van der Waals surface area contributed by atoms with Gasteiger partial charge in [0.1, 0.15) is 11.7 Å². The minimum absolute atomic E-state index is 0.462. The Morgan fingerprint density at radius 2 is 2.10 bits per heavy atom. The molecule has 1 rings (SSSR count). The highest BCUT2D eigenvalue weighted by Crippen LogP contribution is 2.19. The Bertz CT molecular complexity index is 510.